The third-order valence-electron chi connectivity index (χ3n) is 3.01. The molecule has 0 saturated carbocycles. The lowest BCUT2D eigenvalue weighted by molar-refractivity contribution is -0.134. The van der Waals surface area contributed by atoms with Crippen molar-refractivity contribution in [1.82, 2.24) is 15.3 Å². The van der Waals surface area contributed by atoms with Crippen LogP contribution in [0.5, 0.6) is 0 Å². The van der Waals surface area contributed by atoms with Gasteiger partial charge in [0, 0.05) is 36.9 Å². The van der Waals surface area contributed by atoms with Crippen molar-refractivity contribution in [2.24, 2.45) is 4.99 Å². The Morgan fingerprint density at radius 2 is 1.77 bits per heavy atom. The van der Waals surface area contributed by atoms with E-state index in [1.807, 2.05) is 37.4 Å². The van der Waals surface area contributed by atoms with E-state index in [-0.39, 0.29) is 0 Å². The largest absolute Gasteiger partial charge is 0.478 e. The van der Waals surface area contributed by atoms with E-state index in [0.717, 1.165) is 35.7 Å². The maximum absolute atomic E-state index is 9.55. The molecule has 26 heavy (non-hydrogen) atoms. The predicted octanol–water partition coefficient (Wildman–Crippen LogP) is 2.62. The third kappa shape index (κ3) is 7.91. The number of nitrogens with one attached hydrogen (secondary N) is 2. The van der Waals surface area contributed by atoms with Gasteiger partial charge in [0.15, 0.2) is 0 Å². The van der Waals surface area contributed by atoms with E-state index in [2.05, 4.69) is 27.2 Å². The van der Waals surface area contributed by atoms with Crippen LogP contribution < -0.4 is 5.32 Å². The molecule has 4 N–H and O–H groups in total. The number of aromatic nitrogens is 2. The van der Waals surface area contributed by atoms with Crippen LogP contribution >= 0.6 is 0 Å². The minimum absolute atomic E-state index is 0.558. The Labute approximate surface area is 151 Å². The molecule has 0 aliphatic carbocycles. The number of aromatic amines is 1. The fraction of sp³-hybridized carbons (Fsp3) is 0.222. The summed E-state index contributed by atoms with van der Waals surface area (Å²) in [5, 5.41) is 18.7. The lowest BCUT2D eigenvalue weighted by atomic mass is 10.1. The Bertz CT molecular complexity index is 748. The summed E-state index contributed by atoms with van der Waals surface area (Å²) in [4.78, 5) is 31.1. The van der Waals surface area contributed by atoms with E-state index >= 15 is 0 Å². The van der Waals surface area contributed by atoms with Crippen LogP contribution in [0.15, 0.2) is 47.6 Å². The van der Waals surface area contributed by atoms with Crippen molar-refractivity contribution >= 4 is 24.0 Å². The summed E-state index contributed by atoms with van der Waals surface area (Å²) in [6, 6.07) is 8.05. The maximum atomic E-state index is 9.55. The summed E-state index contributed by atoms with van der Waals surface area (Å²) in [6.07, 6.45) is 5.70. The van der Waals surface area contributed by atoms with Crippen molar-refractivity contribution in [2.45, 2.75) is 20.3 Å². The van der Waals surface area contributed by atoms with Gasteiger partial charge < -0.3 is 20.5 Å². The van der Waals surface area contributed by atoms with Crippen LogP contribution in [0.2, 0.25) is 0 Å². The standard InChI is InChI=1S/C14H18N4.C4H4O4/c1-3-14-16-9-13(18-14)11-5-7-12(8-6-11)17-10-15-4-2;5-3(6)1-2-4(7)8/h5-10H,3-4H2,1-2H3,(H,15,17)(H,16,18);1-2H,(H,5,6)(H,7,8)/b;2-1-. The molecule has 1 heterocycles. The summed E-state index contributed by atoms with van der Waals surface area (Å²) < 4.78 is 0. The number of carboxylic acids is 2. The lowest BCUT2D eigenvalue weighted by Gasteiger charge is -1.98. The van der Waals surface area contributed by atoms with Crippen molar-refractivity contribution in [3.63, 3.8) is 0 Å². The van der Waals surface area contributed by atoms with Crippen molar-refractivity contribution in [3.8, 4) is 11.3 Å². The molecule has 0 spiro atoms. The van der Waals surface area contributed by atoms with Gasteiger partial charge in [-0.3, -0.25) is 0 Å². The normalized spacial score (nSPS) is 10.5. The number of benzene rings is 1. The van der Waals surface area contributed by atoms with Crippen molar-refractivity contribution in [1.29, 1.82) is 0 Å². The second-order valence-corrected chi connectivity index (χ2v) is 4.96. The molecule has 0 bridgehead atoms. The van der Waals surface area contributed by atoms with E-state index < -0.39 is 11.9 Å². The van der Waals surface area contributed by atoms with E-state index in [0.29, 0.717) is 12.2 Å². The molecule has 0 aliphatic heterocycles. The van der Waals surface area contributed by atoms with Gasteiger partial charge >= 0.3 is 11.9 Å². The highest BCUT2D eigenvalue weighted by Gasteiger charge is 2.02. The first-order valence-electron chi connectivity index (χ1n) is 8.00. The first-order valence-corrected chi connectivity index (χ1v) is 8.00. The highest BCUT2D eigenvalue weighted by atomic mass is 16.4. The molecule has 0 atom stereocenters. The molecule has 8 nitrogen and oxygen atoms in total. The smallest absolute Gasteiger partial charge is 0.328 e. The summed E-state index contributed by atoms with van der Waals surface area (Å²) in [5.41, 5.74) is 3.02. The van der Waals surface area contributed by atoms with E-state index in [9.17, 15) is 9.59 Å². The molecule has 2 aromatic rings. The molecule has 1 aromatic carbocycles. The fourth-order valence-corrected chi connectivity index (χ4v) is 1.76. The molecule has 0 saturated heterocycles. The van der Waals surface area contributed by atoms with E-state index in [4.69, 9.17) is 10.2 Å². The maximum Gasteiger partial charge on any atom is 0.328 e. The fourth-order valence-electron chi connectivity index (χ4n) is 1.76. The zero-order valence-electron chi connectivity index (χ0n) is 14.6. The monoisotopic (exact) mass is 358 g/mol. The Balaban J connectivity index is 0.000000359. The Hall–Kier alpha value is -3.42. The SMILES string of the molecule is CCN/C=N/c1ccc(-c2c[nH]c(CC)n2)cc1.O=C(O)/C=C\C(=O)O. The molecule has 0 unspecified atom stereocenters. The second kappa shape index (κ2) is 11.2. The quantitative estimate of drug-likeness (QED) is 0.342. The number of imidazole rings is 1. The van der Waals surface area contributed by atoms with Crippen LogP contribution in [0.3, 0.4) is 0 Å². The number of aliphatic imine (C=N–C) groups is 1. The first-order chi connectivity index (χ1) is 12.5. The number of nitrogens with zero attached hydrogens (tertiary/aromatic N) is 2. The average Bonchev–Trinajstić information content (AvgIpc) is 3.10. The van der Waals surface area contributed by atoms with Gasteiger partial charge in [0.2, 0.25) is 0 Å². The third-order valence-corrected chi connectivity index (χ3v) is 3.01. The Morgan fingerprint density at radius 1 is 1.15 bits per heavy atom. The molecule has 8 heteroatoms. The van der Waals surface area contributed by atoms with Crippen molar-refractivity contribution in [3.05, 3.63) is 48.4 Å². The number of aryl methyl sites for hydroxylation is 1. The summed E-state index contributed by atoms with van der Waals surface area (Å²) in [5.74, 6) is -1.50. The number of carbonyl (C=O) groups is 2. The van der Waals surface area contributed by atoms with Crippen LogP contribution in [0.25, 0.3) is 11.3 Å². The number of carboxylic acid groups (broad SMARTS) is 2. The minimum atomic E-state index is -1.26. The average molecular weight is 358 g/mol. The summed E-state index contributed by atoms with van der Waals surface area (Å²) in [7, 11) is 0. The Morgan fingerprint density at radius 3 is 2.23 bits per heavy atom. The molecule has 2 rings (SSSR count). The van der Waals surface area contributed by atoms with E-state index in [1.165, 1.54) is 0 Å². The van der Waals surface area contributed by atoms with Gasteiger partial charge in [-0.05, 0) is 19.1 Å². The molecular weight excluding hydrogens is 336 g/mol. The van der Waals surface area contributed by atoms with Crippen LogP contribution in [0.4, 0.5) is 5.69 Å². The number of rotatable bonds is 7. The highest BCUT2D eigenvalue weighted by Crippen LogP contribution is 2.20. The van der Waals surface area contributed by atoms with E-state index in [1.54, 1.807) is 6.34 Å². The van der Waals surface area contributed by atoms with Crippen LogP contribution in [-0.2, 0) is 16.0 Å². The van der Waals surface area contributed by atoms with Crippen molar-refractivity contribution < 1.29 is 19.8 Å². The van der Waals surface area contributed by atoms with Crippen LogP contribution in [0.1, 0.15) is 19.7 Å². The van der Waals surface area contributed by atoms with Gasteiger partial charge in [-0.1, -0.05) is 19.1 Å². The van der Waals surface area contributed by atoms with Gasteiger partial charge in [0.25, 0.3) is 0 Å². The van der Waals surface area contributed by atoms with Gasteiger partial charge in [0.1, 0.15) is 5.82 Å². The van der Waals surface area contributed by atoms with Crippen molar-refractivity contribution in [2.75, 3.05) is 6.54 Å². The lowest BCUT2D eigenvalue weighted by Crippen LogP contribution is -2.08. The van der Waals surface area contributed by atoms with Gasteiger partial charge in [-0.2, -0.15) is 0 Å². The zero-order valence-corrected chi connectivity index (χ0v) is 14.6. The topological polar surface area (TPSA) is 128 Å². The van der Waals surface area contributed by atoms with Crippen LogP contribution in [0, 0.1) is 0 Å². The van der Waals surface area contributed by atoms with Gasteiger partial charge in [-0.25, -0.2) is 19.6 Å². The van der Waals surface area contributed by atoms with Gasteiger partial charge in [-0.15, -0.1) is 0 Å². The molecule has 0 radical (unpaired) electrons. The first kappa shape index (κ1) is 20.6. The second-order valence-electron chi connectivity index (χ2n) is 4.96. The molecule has 1 aromatic heterocycles. The Kier molecular flexibility index (Phi) is 8.88. The summed E-state index contributed by atoms with van der Waals surface area (Å²) >= 11 is 0. The highest BCUT2D eigenvalue weighted by molar-refractivity contribution is 5.89. The number of hydrogen-bond donors (Lipinski definition) is 4. The molecule has 138 valence electrons. The molecule has 0 amide bonds. The molecular formula is C18H22N4O4. The number of hydrogen-bond acceptors (Lipinski definition) is 4. The zero-order chi connectivity index (χ0) is 19.4. The predicted molar refractivity (Wildman–Crippen MR) is 99.6 cm³/mol. The molecule has 0 aliphatic rings. The van der Waals surface area contributed by atoms with Gasteiger partial charge in [0.05, 0.1) is 17.7 Å². The number of aliphatic carboxylic acids is 2. The van der Waals surface area contributed by atoms with Crippen LogP contribution in [-0.4, -0.2) is 45.0 Å². The minimum Gasteiger partial charge on any atom is -0.478 e. The number of H-pyrrole nitrogens is 1. The summed E-state index contributed by atoms with van der Waals surface area (Å²) in [6.45, 7) is 5.01. The molecule has 0 fully saturated rings.